The van der Waals surface area contributed by atoms with E-state index >= 15 is 0 Å². The second kappa shape index (κ2) is 5.87. The molecule has 4 nitrogen and oxygen atoms in total. The molecule has 0 bridgehead atoms. The lowest BCUT2D eigenvalue weighted by atomic mass is 10.1. The molecule has 1 heterocycles. The molecule has 4 heteroatoms. The summed E-state index contributed by atoms with van der Waals surface area (Å²) >= 11 is 0. The summed E-state index contributed by atoms with van der Waals surface area (Å²) in [5, 5.41) is 0. The number of ether oxygens (including phenoxy) is 2. The normalized spacial score (nSPS) is 17.4. The third-order valence-electron chi connectivity index (χ3n) is 3.31. The largest absolute Gasteiger partial charge is 0.493 e. The van der Waals surface area contributed by atoms with Crippen LogP contribution in [0.3, 0.4) is 0 Å². The van der Waals surface area contributed by atoms with Crippen molar-refractivity contribution in [2.24, 2.45) is 0 Å². The minimum Gasteiger partial charge on any atom is -0.493 e. The van der Waals surface area contributed by atoms with Crippen LogP contribution in [0.4, 0.5) is 0 Å². The zero-order valence-electron chi connectivity index (χ0n) is 10.9. The maximum atomic E-state index is 11.0. The van der Waals surface area contributed by atoms with E-state index in [1.807, 2.05) is 6.07 Å². The van der Waals surface area contributed by atoms with Crippen molar-refractivity contribution >= 4 is 6.29 Å². The molecule has 0 saturated carbocycles. The predicted molar refractivity (Wildman–Crippen MR) is 69.5 cm³/mol. The summed E-state index contributed by atoms with van der Waals surface area (Å²) in [5.41, 5.74) is 0.549. The summed E-state index contributed by atoms with van der Waals surface area (Å²) in [6, 6.07) is 5.36. The number of hydrogen-bond donors (Lipinski definition) is 0. The molecule has 0 unspecified atom stereocenters. The number of para-hydroxylation sites is 1. The van der Waals surface area contributed by atoms with E-state index in [0.717, 1.165) is 32.2 Å². The van der Waals surface area contributed by atoms with E-state index in [-0.39, 0.29) is 6.10 Å². The van der Waals surface area contributed by atoms with Gasteiger partial charge in [-0.3, -0.25) is 4.79 Å². The summed E-state index contributed by atoms with van der Waals surface area (Å²) in [5.74, 6) is 1.20. The Balaban J connectivity index is 2.14. The van der Waals surface area contributed by atoms with Crippen molar-refractivity contribution in [1.29, 1.82) is 0 Å². The Hall–Kier alpha value is -1.55. The molecule has 2 rings (SSSR count). The van der Waals surface area contributed by atoms with Crippen molar-refractivity contribution in [2.45, 2.75) is 18.9 Å². The minimum atomic E-state index is 0.163. The summed E-state index contributed by atoms with van der Waals surface area (Å²) in [7, 11) is 3.70. The van der Waals surface area contributed by atoms with Crippen molar-refractivity contribution in [3.63, 3.8) is 0 Å². The first-order valence-corrected chi connectivity index (χ1v) is 6.22. The summed E-state index contributed by atoms with van der Waals surface area (Å²) in [4.78, 5) is 13.3. The van der Waals surface area contributed by atoms with Crippen molar-refractivity contribution in [3.8, 4) is 11.5 Å². The molecular weight excluding hydrogens is 230 g/mol. The van der Waals surface area contributed by atoms with Gasteiger partial charge in [-0.1, -0.05) is 6.07 Å². The lowest BCUT2D eigenvalue weighted by molar-refractivity contribution is 0.105. The lowest BCUT2D eigenvalue weighted by Gasteiger charge is -2.30. The van der Waals surface area contributed by atoms with Crippen LogP contribution in [-0.2, 0) is 0 Å². The first kappa shape index (κ1) is 12.9. The SMILES string of the molecule is COc1cccc(C=O)c1OC1CCN(C)CC1. The number of carbonyl (C=O) groups is 1. The standard InChI is InChI=1S/C14H19NO3/c1-15-8-6-12(7-9-15)18-14-11(10-16)4-3-5-13(14)17-2/h3-5,10,12H,6-9H2,1-2H3. The molecule has 1 saturated heterocycles. The van der Waals surface area contributed by atoms with Gasteiger partial charge in [0.1, 0.15) is 6.10 Å². The van der Waals surface area contributed by atoms with Crippen LogP contribution < -0.4 is 9.47 Å². The van der Waals surface area contributed by atoms with Crippen LogP contribution in [0.5, 0.6) is 11.5 Å². The number of piperidine rings is 1. The average Bonchev–Trinajstić information content (AvgIpc) is 2.41. The topological polar surface area (TPSA) is 38.8 Å². The highest BCUT2D eigenvalue weighted by atomic mass is 16.5. The number of hydrogen-bond acceptors (Lipinski definition) is 4. The van der Waals surface area contributed by atoms with Crippen molar-refractivity contribution in [1.82, 2.24) is 4.90 Å². The monoisotopic (exact) mass is 249 g/mol. The number of likely N-dealkylation sites (tertiary alicyclic amines) is 1. The molecule has 1 aliphatic rings. The third-order valence-corrected chi connectivity index (χ3v) is 3.31. The second-order valence-electron chi connectivity index (χ2n) is 4.62. The lowest BCUT2D eigenvalue weighted by Crippen LogP contribution is -2.35. The fraction of sp³-hybridized carbons (Fsp3) is 0.500. The average molecular weight is 249 g/mol. The maximum absolute atomic E-state index is 11.0. The van der Waals surface area contributed by atoms with Gasteiger partial charge in [-0.15, -0.1) is 0 Å². The molecule has 0 radical (unpaired) electrons. The van der Waals surface area contributed by atoms with E-state index in [1.165, 1.54) is 0 Å². The van der Waals surface area contributed by atoms with Crippen LogP contribution in [0, 0.1) is 0 Å². The van der Waals surface area contributed by atoms with Crippen molar-refractivity contribution in [2.75, 3.05) is 27.2 Å². The van der Waals surface area contributed by atoms with Crippen LogP contribution in [0.1, 0.15) is 23.2 Å². The van der Waals surface area contributed by atoms with E-state index < -0.39 is 0 Å². The Labute approximate surface area is 107 Å². The molecule has 0 amide bonds. The molecule has 98 valence electrons. The quantitative estimate of drug-likeness (QED) is 0.765. The molecule has 0 aliphatic carbocycles. The Kier molecular flexibility index (Phi) is 4.20. The third kappa shape index (κ3) is 2.82. The van der Waals surface area contributed by atoms with Crippen LogP contribution in [-0.4, -0.2) is 44.5 Å². The molecule has 0 atom stereocenters. The Bertz CT molecular complexity index is 412. The van der Waals surface area contributed by atoms with E-state index in [1.54, 1.807) is 19.2 Å². The van der Waals surface area contributed by atoms with Gasteiger partial charge in [0.05, 0.1) is 12.7 Å². The van der Waals surface area contributed by atoms with Gasteiger partial charge in [-0.25, -0.2) is 0 Å². The Morgan fingerprint density at radius 2 is 2.06 bits per heavy atom. The molecular formula is C14H19NO3. The molecule has 1 fully saturated rings. The second-order valence-corrected chi connectivity index (χ2v) is 4.62. The van der Waals surface area contributed by atoms with Gasteiger partial charge >= 0.3 is 0 Å². The van der Waals surface area contributed by atoms with Gasteiger partial charge in [0.2, 0.25) is 0 Å². The fourth-order valence-corrected chi connectivity index (χ4v) is 2.18. The molecule has 1 aliphatic heterocycles. The zero-order valence-corrected chi connectivity index (χ0v) is 10.9. The summed E-state index contributed by atoms with van der Waals surface area (Å²) in [6.45, 7) is 2.05. The molecule has 18 heavy (non-hydrogen) atoms. The number of rotatable bonds is 4. The Morgan fingerprint density at radius 3 is 2.67 bits per heavy atom. The first-order chi connectivity index (χ1) is 8.74. The molecule has 0 aromatic heterocycles. The summed E-state index contributed by atoms with van der Waals surface area (Å²) < 4.78 is 11.2. The number of benzene rings is 1. The van der Waals surface area contributed by atoms with E-state index in [0.29, 0.717) is 17.1 Å². The van der Waals surface area contributed by atoms with Crippen LogP contribution in [0.15, 0.2) is 18.2 Å². The van der Waals surface area contributed by atoms with E-state index in [9.17, 15) is 4.79 Å². The fourth-order valence-electron chi connectivity index (χ4n) is 2.18. The van der Waals surface area contributed by atoms with Crippen LogP contribution >= 0.6 is 0 Å². The number of nitrogens with zero attached hydrogens (tertiary/aromatic N) is 1. The number of aldehydes is 1. The highest BCUT2D eigenvalue weighted by Gasteiger charge is 2.21. The Morgan fingerprint density at radius 1 is 1.33 bits per heavy atom. The summed E-state index contributed by atoms with van der Waals surface area (Å²) in [6.07, 6.45) is 2.93. The van der Waals surface area contributed by atoms with Gasteiger partial charge in [0, 0.05) is 13.1 Å². The molecule has 1 aromatic carbocycles. The molecule has 0 spiro atoms. The van der Waals surface area contributed by atoms with Gasteiger partial charge in [-0.2, -0.15) is 0 Å². The van der Waals surface area contributed by atoms with Crippen molar-refractivity contribution in [3.05, 3.63) is 23.8 Å². The molecule has 0 N–H and O–H groups in total. The highest BCUT2D eigenvalue weighted by molar-refractivity contribution is 5.81. The maximum Gasteiger partial charge on any atom is 0.172 e. The zero-order chi connectivity index (χ0) is 13.0. The van der Waals surface area contributed by atoms with Gasteiger partial charge in [0.15, 0.2) is 17.8 Å². The van der Waals surface area contributed by atoms with Gasteiger partial charge in [0.25, 0.3) is 0 Å². The van der Waals surface area contributed by atoms with Gasteiger partial charge in [-0.05, 0) is 32.0 Å². The van der Waals surface area contributed by atoms with Crippen LogP contribution in [0.25, 0.3) is 0 Å². The number of methoxy groups -OCH3 is 1. The smallest absolute Gasteiger partial charge is 0.172 e. The van der Waals surface area contributed by atoms with E-state index in [2.05, 4.69) is 11.9 Å². The van der Waals surface area contributed by atoms with Crippen LogP contribution in [0.2, 0.25) is 0 Å². The van der Waals surface area contributed by atoms with E-state index in [4.69, 9.17) is 9.47 Å². The minimum absolute atomic E-state index is 0.163. The highest BCUT2D eigenvalue weighted by Crippen LogP contribution is 2.32. The van der Waals surface area contributed by atoms with Crippen molar-refractivity contribution < 1.29 is 14.3 Å². The predicted octanol–water partition coefficient (Wildman–Crippen LogP) is 1.98. The molecule has 1 aromatic rings. The first-order valence-electron chi connectivity index (χ1n) is 6.22. The number of carbonyl (C=O) groups excluding carboxylic acids is 1. The van der Waals surface area contributed by atoms with Gasteiger partial charge < -0.3 is 14.4 Å².